The standard InChI is InChI=1S/C46H26N4O2S/c1-2-11-28(12-3-1)43-48-44(29-25-23-27(24-26-29)30-14-8-15-32-31-13-4-6-20-37(31)51-41(30)32)50-45(49-43)34-17-10-21-38-40(34)33-16-9-18-35(42(33)52-38)46-47-36-19-5-7-22-39(36)53-46/h1-26H. The van der Waals surface area contributed by atoms with Crippen LogP contribution in [0.5, 0.6) is 0 Å². The van der Waals surface area contributed by atoms with E-state index in [-0.39, 0.29) is 0 Å². The predicted octanol–water partition coefficient (Wildman–Crippen LogP) is 12.6. The van der Waals surface area contributed by atoms with E-state index < -0.39 is 0 Å². The van der Waals surface area contributed by atoms with Crippen LogP contribution in [-0.2, 0) is 0 Å². The van der Waals surface area contributed by atoms with Crippen LogP contribution in [-0.4, -0.2) is 19.9 Å². The van der Waals surface area contributed by atoms with Crippen molar-refractivity contribution in [1.29, 1.82) is 0 Å². The molecule has 0 radical (unpaired) electrons. The Morgan fingerprint density at radius 3 is 1.81 bits per heavy atom. The lowest BCUT2D eigenvalue weighted by Crippen LogP contribution is -2.00. The van der Waals surface area contributed by atoms with E-state index in [4.69, 9.17) is 28.8 Å². The zero-order valence-electron chi connectivity index (χ0n) is 28.0. The first-order chi connectivity index (χ1) is 26.2. The minimum Gasteiger partial charge on any atom is -0.455 e. The van der Waals surface area contributed by atoms with E-state index in [0.29, 0.717) is 17.5 Å². The van der Waals surface area contributed by atoms with Crippen molar-refractivity contribution in [2.45, 2.75) is 0 Å². The number of para-hydroxylation sites is 4. The van der Waals surface area contributed by atoms with E-state index in [1.54, 1.807) is 11.3 Å². The van der Waals surface area contributed by atoms with Crippen molar-refractivity contribution in [3.05, 3.63) is 158 Å². The van der Waals surface area contributed by atoms with Crippen LogP contribution in [0.2, 0.25) is 0 Å². The molecule has 248 valence electrons. The summed E-state index contributed by atoms with van der Waals surface area (Å²) in [7, 11) is 0. The van der Waals surface area contributed by atoms with Gasteiger partial charge < -0.3 is 8.83 Å². The quantitative estimate of drug-likeness (QED) is 0.178. The van der Waals surface area contributed by atoms with Gasteiger partial charge in [-0.25, -0.2) is 19.9 Å². The van der Waals surface area contributed by atoms with Crippen molar-refractivity contribution in [2.75, 3.05) is 0 Å². The molecule has 0 amide bonds. The van der Waals surface area contributed by atoms with Crippen LogP contribution >= 0.6 is 11.3 Å². The van der Waals surface area contributed by atoms with Crippen LogP contribution in [0.4, 0.5) is 0 Å². The largest absolute Gasteiger partial charge is 0.455 e. The molecule has 0 fully saturated rings. The molecule has 0 aliphatic rings. The average Bonchev–Trinajstić information content (AvgIpc) is 3.94. The third-order valence-electron chi connectivity index (χ3n) is 9.81. The molecule has 0 unspecified atom stereocenters. The van der Waals surface area contributed by atoms with Gasteiger partial charge in [0.15, 0.2) is 17.5 Å². The van der Waals surface area contributed by atoms with Crippen molar-refractivity contribution >= 4 is 65.4 Å². The Kier molecular flexibility index (Phi) is 6.62. The molecule has 0 spiro atoms. The van der Waals surface area contributed by atoms with Crippen LogP contribution in [0.25, 0.3) is 110 Å². The summed E-state index contributed by atoms with van der Waals surface area (Å²) < 4.78 is 14.1. The fourth-order valence-corrected chi connectivity index (χ4v) is 8.29. The van der Waals surface area contributed by atoms with Gasteiger partial charge >= 0.3 is 0 Å². The smallest absolute Gasteiger partial charge is 0.164 e. The molecule has 11 rings (SSSR count). The minimum atomic E-state index is 0.573. The molecule has 0 saturated carbocycles. The fraction of sp³-hybridized carbons (Fsp3) is 0. The molecule has 7 aromatic carbocycles. The van der Waals surface area contributed by atoms with Gasteiger partial charge in [-0.3, -0.25) is 0 Å². The lowest BCUT2D eigenvalue weighted by atomic mass is 10.0. The third kappa shape index (κ3) is 4.86. The summed E-state index contributed by atoms with van der Waals surface area (Å²) in [6.07, 6.45) is 0. The van der Waals surface area contributed by atoms with Crippen LogP contribution in [0.1, 0.15) is 0 Å². The van der Waals surface area contributed by atoms with Crippen molar-refractivity contribution in [2.24, 2.45) is 0 Å². The second-order valence-electron chi connectivity index (χ2n) is 13.0. The number of hydrogen-bond acceptors (Lipinski definition) is 7. The molecule has 0 saturated heterocycles. The molecule has 0 aliphatic carbocycles. The molecular weight excluding hydrogens is 673 g/mol. The summed E-state index contributed by atoms with van der Waals surface area (Å²) in [5.41, 5.74) is 10.0. The molecule has 53 heavy (non-hydrogen) atoms. The predicted molar refractivity (Wildman–Crippen MR) is 215 cm³/mol. The maximum atomic E-state index is 6.62. The number of rotatable bonds is 5. The summed E-state index contributed by atoms with van der Waals surface area (Å²) in [5, 5.41) is 5.08. The van der Waals surface area contributed by atoms with E-state index in [9.17, 15) is 0 Å². The number of thiazole rings is 1. The van der Waals surface area contributed by atoms with Gasteiger partial charge in [-0.15, -0.1) is 11.3 Å². The van der Waals surface area contributed by atoms with Gasteiger partial charge in [0.2, 0.25) is 0 Å². The van der Waals surface area contributed by atoms with Gasteiger partial charge in [-0.2, -0.15) is 0 Å². The molecular formula is C46H26N4O2S. The Morgan fingerprint density at radius 1 is 0.377 bits per heavy atom. The molecule has 11 aromatic rings. The second kappa shape index (κ2) is 11.8. The molecule has 0 aliphatic heterocycles. The summed E-state index contributed by atoms with van der Waals surface area (Å²) in [5.74, 6) is 1.76. The highest BCUT2D eigenvalue weighted by atomic mass is 32.1. The minimum absolute atomic E-state index is 0.573. The summed E-state index contributed by atoms with van der Waals surface area (Å²) >= 11 is 1.67. The molecule has 0 atom stereocenters. The second-order valence-corrected chi connectivity index (χ2v) is 14.0. The van der Waals surface area contributed by atoms with Crippen molar-refractivity contribution < 1.29 is 8.83 Å². The number of furan rings is 2. The zero-order chi connectivity index (χ0) is 34.9. The average molecular weight is 699 g/mol. The van der Waals surface area contributed by atoms with Crippen molar-refractivity contribution in [3.63, 3.8) is 0 Å². The number of benzene rings is 7. The van der Waals surface area contributed by atoms with Crippen LogP contribution in [0, 0.1) is 0 Å². The molecule has 0 N–H and O–H groups in total. The zero-order valence-corrected chi connectivity index (χ0v) is 28.8. The first kappa shape index (κ1) is 29.7. The summed E-state index contributed by atoms with van der Waals surface area (Å²) in [6, 6.07) is 53.4. The molecule has 7 heteroatoms. The SMILES string of the molecule is c1ccc(-c2nc(-c3ccc(-c4cccc5c4oc4ccccc45)cc3)nc(-c3cccc4oc5c(-c6nc7ccccc7s6)cccc5c34)n2)cc1. The van der Waals surface area contributed by atoms with E-state index in [0.717, 1.165) is 92.5 Å². The Hall–Kier alpha value is -6.96. The van der Waals surface area contributed by atoms with Gasteiger partial charge in [-0.1, -0.05) is 127 Å². The normalized spacial score (nSPS) is 11.8. The topological polar surface area (TPSA) is 77.8 Å². The molecule has 4 aromatic heterocycles. The maximum absolute atomic E-state index is 6.62. The van der Waals surface area contributed by atoms with E-state index in [2.05, 4.69) is 78.9 Å². The van der Waals surface area contributed by atoms with Gasteiger partial charge in [0.25, 0.3) is 0 Å². The number of fused-ring (bicyclic) bond motifs is 7. The van der Waals surface area contributed by atoms with Gasteiger partial charge in [0, 0.05) is 43.8 Å². The Balaban J connectivity index is 1.06. The third-order valence-corrected chi connectivity index (χ3v) is 10.9. The number of aromatic nitrogens is 4. The fourth-order valence-electron chi connectivity index (χ4n) is 7.31. The molecule has 6 nitrogen and oxygen atoms in total. The highest BCUT2D eigenvalue weighted by Gasteiger charge is 2.21. The van der Waals surface area contributed by atoms with Crippen LogP contribution in [0.3, 0.4) is 0 Å². The number of hydrogen-bond donors (Lipinski definition) is 0. The summed E-state index contributed by atoms with van der Waals surface area (Å²) in [4.78, 5) is 20.2. The first-order valence-corrected chi connectivity index (χ1v) is 18.2. The van der Waals surface area contributed by atoms with Gasteiger partial charge in [0.1, 0.15) is 27.3 Å². The van der Waals surface area contributed by atoms with Gasteiger partial charge in [-0.05, 0) is 35.9 Å². The number of nitrogens with zero attached hydrogens (tertiary/aromatic N) is 4. The van der Waals surface area contributed by atoms with E-state index >= 15 is 0 Å². The molecule has 0 bridgehead atoms. The highest BCUT2D eigenvalue weighted by molar-refractivity contribution is 7.21. The Bertz CT molecular complexity index is 3150. The van der Waals surface area contributed by atoms with Crippen LogP contribution < -0.4 is 0 Å². The monoisotopic (exact) mass is 698 g/mol. The first-order valence-electron chi connectivity index (χ1n) is 17.4. The lowest BCUT2D eigenvalue weighted by molar-refractivity contribution is 0.669. The maximum Gasteiger partial charge on any atom is 0.164 e. The lowest BCUT2D eigenvalue weighted by Gasteiger charge is -2.10. The van der Waals surface area contributed by atoms with Crippen molar-refractivity contribution in [1.82, 2.24) is 19.9 Å². The van der Waals surface area contributed by atoms with Crippen LogP contribution in [0.15, 0.2) is 167 Å². The van der Waals surface area contributed by atoms with E-state index in [1.165, 1.54) is 0 Å². The van der Waals surface area contributed by atoms with E-state index in [1.807, 2.05) is 78.9 Å². The summed E-state index contributed by atoms with van der Waals surface area (Å²) in [6.45, 7) is 0. The van der Waals surface area contributed by atoms with Gasteiger partial charge in [0.05, 0.1) is 15.8 Å². The molecule has 4 heterocycles. The van der Waals surface area contributed by atoms with Crippen molar-refractivity contribution in [3.8, 4) is 55.9 Å². The Morgan fingerprint density at radius 2 is 0.962 bits per heavy atom. The highest BCUT2D eigenvalue weighted by Crippen LogP contribution is 2.42. The Labute approximate surface area is 306 Å².